The second kappa shape index (κ2) is 6.23. The number of thioether (sulfide) groups is 1. The average Bonchev–Trinajstić information content (AvgIpc) is 3.57. The maximum atomic E-state index is 5.93. The van der Waals surface area contributed by atoms with Gasteiger partial charge in [-0.2, -0.15) is 0 Å². The smallest absolute Gasteiger partial charge is 0.247 e. The van der Waals surface area contributed by atoms with E-state index < -0.39 is 0 Å². The van der Waals surface area contributed by atoms with Crippen LogP contribution in [0.15, 0.2) is 33.8 Å². The molecule has 2 aliphatic carbocycles. The number of aryl methyl sites for hydroxylation is 1. The van der Waals surface area contributed by atoms with Crippen LogP contribution in [0.5, 0.6) is 0 Å². The maximum absolute atomic E-state index is 5.93. The molecule has 3 aromatic rings. The molecule has 7 heteroatoms. The fourth-order valence-electron chi connectivity index (χ4n) is 3.08. The molecular formula is C19H21N5OS. The fraction of sp³-hybridized carbons (Fsp3) is 0.474. The third kappa shape index (κ3) is 3.05. The molecule has 0 N–H and O–H groups in total. The molecule has 1 aromatic carbocycles. The Labute approximate surface area is 156 Å². The molecule has 6 nitrogen and oxygen atoms in total. The van der Waals surface area contributed by atoms with E-state index in [0.29, 0.717) is 23.7 Å². The summed E-state index contributed by atoms with van der Waals surface area (Å²) >= 11 is 1.66. The average molecular weight is 367 g/mol. The van der Waals surface area contributed by atoms with Gasteiger partial charge in [-0.05, 0) is 51.7 Å². The lowest BCUT2D eigenvalue weighted by atomic mass is 10.1. The number of nitrogens with zero attached hydrogens (tertiary/aromatic N) is 5. The van der Waals surface area contributed by atoms with Crippen LogP contribution in [0.3, 0.4) is 0 Å². The van der Waals surface area contributed by atoms with Crippen LogP contribution in [0.25, 0.3) is 11.5 Å². The van der Waals surface area contributed by atoms with Gasteiger partial charge in [0.15, 0.2) is 5.16 Å². The van der Waals surface area contributed by atoms with Crippen LogP contribution in [0, 0.1) is 6.92 Å². The van der Waals surface area contributed by atoms with Gasteiger partial charge in [-0.3, -0.25) is 0 Å². The highest BCUT2D eigenvalue weighted by molar-refractivity contribution is 7.99. The molecule has 2 heterocycles. The molecule has 0 radical (unpaired) electrons. The first-order valence-corrected chi connectivity index (χ1v) is 10.1. The van der Waals surface area contributed by atoms with Gasteiger partial charge < -0.3 is 8.98 Å². The van der Waals surface area contributed by atoms with E-state index in [1.165, 1.54) is 37.1 Å². The minimum absolute atomic E-state index is 0.0375. The second-order valence-corrected chi connectivity index (χ2v) is 8.60. The van der Waals surface area contributed by atoms with Crippen molar-refractivity contribution in [3.8, 4) is 11.5 Å². The Balaban J connectivity index is 1.36. The van der Waals surface area contributed by atoms with E-state index in [2.05, 4.69) is 50.9 Å². The predicted octanol–water partition coefficient (Wildman–Crippen LogP) is 4.70. The van der Waals surface area contributed by atoms with Crippen molar-refractivity contribution in [2.24, 2.45) is 0 Å². The second-order valence-electron chi connectivity index (χ2n) is 7.29. The highest BCUT2D eigenvalue weighted by Crippen LogP contribution is 2.47. The summed E-state index contributed by atoms with van der Waals surface area (Å²) in [6, 6.07) is 8.71. The summed E-state index contributed by atoms with van der Waals surface area (Å²) in [6.45, 7) is 4.15. The molecule has 0 aliphatic heterocycles. The number of aromatic nitrogens is 5. The minimum Gasteiger partial charge on any atom is -0.419 e. The van der Waals surface area contributed by atoms with Crippen LogP contribution < -0.4 is 0 Å². The van der Waals surface area contributed by atoms with Crippen LogP contribution in [-0.4, -0.2) is 25.0 Å². The number of hydrogen-bond donors (Lipinski definition) is 0. The Kier molecular flexibility index (Phi) is 3.85. The molecule has 0 saturated heterocycles. The van der Waals surface area contributed by atoms with Crippen LogP contribution in [-0.2, 0) is 0 Å². The summed E-state index contributed by atoms with van der Waals surface area (Å²) in [7, 11) is 0. The summed E-state index contributed by atoms with van der Waals surface area (Å²) in [6.07, 6.45) is 4.96. The topological polar surface area (TPSA) is 69.6 Å². The van der Waals surface area contributed by atoms with Crippen LogP contribution in [0.2, 0.25) is 0 Å². The van der Waals surface area contributed by atoms with Crippen molar-refractivity contribution in [3.05, 3.63) is 41.5 Å². The Morgan fingerprint density at radius 1 is 1.04 bits per heavy atom. The van der Waals surface area contributed by atoms with Gasteiger partial charge in [-0.15, -0.1) is 20.4 Å². The molecule has 26 heavy (non-hydrogen) atoms. The van der Waals surface area contributed by atoms with Gasteiger partial charge in [-0.25, -0.2) is 0 Å². The first kappa shape index (κ1) is 16.1. The van der Waals surface area contributed by atoms with Crippen LogP contribution in [0.4, 0.5) is 0 Å². The van der Waals surface area contributed by atoms with Gasteiger partial charge >= 0.3 is 0 Å². The third-order valence-electron chi connectivity index (χ3n) is 4.91. The van der Waals surface area contributed by atoms with Crippen molar-refractivity contribution in [2.45, 2.75) is 61.9 Å². The summed E-state index contributed by atoms with van der Waals surface area (Å²) in [5.74, 6) is 2.98. The van der Waals surface area contributed by atoms with Gasteiger partial charge in [0.25, 0.3) is 0 Å². The van der Waals surface area contributed by atoms with Crippen LogP contribution >= 0.6 is 11.8 Å². The van der Waals surface area contributed by atoms with E-state index in [1.54, 1.807) is 11.8 Å². The van der Waals surface area contributed by atoms with Crippen molar-refractivity contribution in [3.63, 3.8) is 0 Å². The van der Waals surface area contributed by atoms with Crippen molar-refractivity contribution >= 4 is 11.8 Å². The normalized spacial score (nSPS) is 18.2. The van der Waals surface area contributed by atoms with E-state index in [9.17, 15) is 0 Å². The zero-order valence-corrected chi connectivity index (χ0v) is 15.7. The molecule has 1 atom stereocenters. The Hall–Kier alpha value is -2.15. The Morgan fingerprint density at radius 3 is 2.50 bits per heavy atom. The fourth-order valence-corrected chi connectivity index (χ4v) is 4.04. The van der Waals surface area contributed by atoms with Gasteiger partial charge in [0.2, 0.25) is 11.8 Å². The zero-order valence-electron chi connectivity index (χ0n) is 14.9. The maximum Gasteiger partial charge on any atom is 0.247 e. The summed E-state index contributed by atoms with van der Waals surface area (Å²) in [4.78, 5) is 0. The molecule has 0 amide bonds. The minimum atomic E-state index is 0.0375. The lowest BCUT2D eigenvalue weighted by Crippen LogP contribution is -2.02. The molecule has 2 saturated carbocycles. The van der Waals surface area contributed by atoms with E-state index in [0.717, 1.165) is 10.7 Å². The van der Waals surface area contributed by atoms with Crippen molar-refractivity contribution < 1.29 is 4.42 Å². The first-order valence-electron chi connectivity index (χ1n) is 9.21. The predicted molar refractivity (Wildman–Crippen MR) is 99.0 cm³/mol. The molecule has 0 spiro atoms. The number of rotatable bonds is 6. The SMILES string of the molecule is Cc1ccc(-c2nnc([C@H](C)Sc3nnc(C4CC4)n3C3CC3)o2)cc1. The highest BCUT2D eigenvalue weighted by Gasteiger charge is 2.37. The van der Waals surface area contributed by atoms with E-state index in [4.69, 9.17) is 4.42 Å². The molecule has 2 fully saturated rings. The van der Waals surface area contributed by atoms with Crippen molar-refractivity contribution in [2.75, 3.05) is 0 Å². The molecule has 5 rings (SSSR count). The Bertz CT molecular complexity index is 924. The third-order valence-corrected chi connectivity index (χ3v) is 5.96. The standard InChI is InChI=1S/C19H21N5OS/c1-11-3-5-14(6-4-11)18-22-21-17(25-18)12(2)26-19-23-20-16(13-7-8-13)24(19)15-9-10-15/h3-6,12-13,15H,7-10H2,1-2H3/t12-/m0/s1. The van der Waals surface area contributed by atoms with Gasteiger partial charge in [-0.1, -0.05) is 29.5 Å². The first-order chi connectivity index (χ1) is 12.7. The van der Waals surface area contributed by atoms with E-state index >= 15 is 0 Å². The number of benzene rings is 1. The van der Waals surface area contributed by atoms with Crippen LogP contribution in [0.1, 0.15) is 67.1 Å². The van der Waals surface area contributed by atoms with Crippen molar-refractivity contribution in [1.29, 1.82) is 0 Å². The van der Waals surface area contributed by atoms with E-state index in [1.807, 2.05) is 12.1 Å². The largest absolute Gasteiger partial charge is 0.419 e. The molecular weight excluding hydrogens is 346 g/mol. The lowest BCUT2D eigenvalue weighted by molar-refractivity contribution is 0.508. The molecule has 2 aromatic heterocycles. The van der Waals surface area contributed by atoms with E-state index in [-0.39, 0.29) is 5.25 Å². The molecule has 0 unspecified atom stereocenters. The molecule has 0 bridgehead atoms. The lowest BCUT2D eigenvalue weighted by Gasteiger charge is -2.10. The summed E-state index contributed by atoms with van der Waals surface area (Å²) < 4.78 is 8.28. The Morgan fingerprint density at radius 2 is 1.81 bits per heavy atom. The quantitative estimate of drug-likeness (QED) is 0.588. The van der Waals surface area contributed by atoms with Gasteiger partial charge in [0.1, 0.15) is 5.82 Å². The number of hydrogen-bond acceptors (Lipinski definition) is 6. The molecule has 134 valence electrons. The van der Waals surface area contributed by atoms with Crippen molar-refractivity contribution in [1.82, 2.24) is 25.0 Å². The summed E-state index contributed by atoms with van der Waals surface area (Å²) in [5.41, 5.74) is 2.16. The molecule has 2 aliphatic rings. The van der Waals surface area contributed by atoms with Gasteiger partial charge in [0, 0.05) is 17.5 Å². The van der Waals surface area contributed by atoms with Gasteiger partial charge in [0.05, 0.1) is 5.25 Å². The summed E-state index contributed by atoms with van der Waals surface area (Å²) in [5, 5.41) is 18.4. The monoisotopic (exact) mass is 367 g/mol. The highest BCUT2D eigenvalue weighted by atomic mass is 32.2. The zero-order chi connectivity index (χ0) is 17.7.